The predicted octanol–water partition coefficient (Wildman–Crippen LogP) is 3.59. The first-order chi connectivity index (χ1) is 5.73. The van der Waals surface area contributed by atoms with Crippen molar-refractivity contribution in [3.8, 4) is 0 Å². The first-order valence-electron chi connectivity index (χ1n) is 2.86. The van der Waals surface area contributed by atoms with Crippen molar-refractivity contribution < 1.29 is 26.3 Å². The van der Waals surface area contributed by atoms with Crippen molar-refractivity contribution >= 4 is 11.3 Å². The van der Waals surface area contributed by atoms with E-state index in [0.717, 1.165) is 0 Å². The van der Waals surface area contributed by atoms with Gasteiger partial charge in [-0.25, -0.2) is 0 Å². The molecule has 13 heavy (non-hydrogen) atoms. The molecule has 0 spiro atoms. The maximum Gasteiger partial charge on any atom is 0.418 e. The summed E-state index contributed by atoms with van der Waals surface area (Å²) in [7, 11) is 0. The Kier molecular flexibility index (Phi) is 2.31. The number of hydrogen-bond donors (Lipinski definition) is 0. The minimum absolute atomic E-state index is 0.255. The molecule has 0 atom stereocenters. The van der Waals surface area contributed by atoms with Gasteiger partial charge < -0.3 is 0 Å². The van der Waals surface area contributed by atoms with Gasteiger partial charge in [0.15, 0.2) is 0 Å². The third kappa shape index (κ3) is 2.15. The summed E-state index contributed by atoms with van der Waals surface area (Å²) in [5.41, 5.74) is -3.42. The first-order valence-corrected chi connectivity index (χ1v) is 3.74. The maximum atomic E-state index is 11.9. The number of rotatable bonds is 0. The smallest absolute Gasteiger partial charge is 0.166 e. The monoisotopic (exact) mass is 219 g/mol. The van der Waals surface area contributed by atoms with Gasteiger partial charge in [0.25, 0.3) is 0 Å². The van der Waals surface area contributed by atoms with Crippen LogP contribution >= 0.6 is 11.3 Å². The van der Waals surface area contributed by atoms with Gasteiger partial charge in [-0.1, -0.05) is 0 Å². The largest absolute Gasteiger partial charge is 0.418 e. The molecule has 0 nitrogen and oxygen atoms in total. The molecule has 0 fully saturated rings. The molecule has 1 aromatic heterocycles. The zero-order valence-corrected chi connectivity index (χ0v) is 6.57. The summed E-state index contributed by atoms with van der Waals surface area (Å²) >= 11 is 0.255. The molecule has 0 aliphatic carbocycles. The van der Waals surface area contributed by atoms with Gasteiger partial charge in [-0.15, -0.1) is 11.3 Å². The molecule has 0 saturated heterocycles. The predicted molar refractivity (Wildman–Crippen MR) is 33.2 cm³/mol. The van der Waals surface area contributed by atoms with E-state index in [2.05, 4.69) is 0 Å². The van der Waals surface area contributed by atoms with Crippen LogP contribution in [0, 0.1) is 5.38 Å². The van der Waals surface area contributed by atoms with E-state index >= 15 is 0 Å². The topological polar surface area (TPSA) is 0 Å². The maximum absolute atomic E-state index is 11.9. The van der Waals surface area contributed by atoms with Crippen LogP contribution in [0.4, 0.5) is 26.3 Å². The van der Waals surface area contributed by atoms with Crippen LogP contribution in [0.25, 0.3) is 0 Å². The van der Waals surface area contributed by atoms with E-state index in [1.165, 1.54) is 0 Å². The summed E-state index contributed by atoms with van der Waals surface area (Å²) in [6, 6.07) is 0. The van der Waals surface area contributed by atoms with Crippen molar-refractivity contribution in [2.24, 2.45) is 0 Å². The van der Waals surface area contributed by atoms with Gasteiger partial charge in [0.05, 0.1) is 16.5 Å². The molecular formula is C6HF6S. The Balaban J connectivity index is 3.19. The second-order valence-corrected chi connectivity index (χ2v) is 2.80. The molecule has 1 radical (unpaired) electrons. The average molecular weight is 219 g/mol. The Morgan fingerprint density at radius 1 is 1.00 bits per heavy atom. The quantitative estimate of drug-likeness (QED) is 0.585. The Labute approximate surface area is 72.8 Å². The van der Waals surface area contributed by atoms with Crippen LogP contribution in [0.2, 0.25) is 0 Å². The molecule has 73 valence electrons. The van der Waals surface area contributed by atoms with Crippen molar-refractivity contribution in [3.05, 3.63) is 21.9 Å². The molecule has 0 bridgehead atoms. The van der Waals surface area contributed by atoms with E-state index in [0.29, 0.717) is 5.38 Å². The summed E-state index contributed by atoms with van der Waals surface area (Å²) in [4.78, 5) is 0. The van der Waals surface area contributed by atoms with Gasteiger partial charge in [-0.2, -0.15) is 26.3 Å². The van der Waals surface area contributed by atoms with Crippen LogP contribution in [0.1, 0.15) is 11.1 Å². The summed E-state index contributed by atoms with van der Waals surface area (Å²) in [6.45, 7) is 0. The fourth-order valence-electron chi connectivity index (χ4n) is 0.680. The second-order valence-electron chi connectivity index (χ2n) is 2.12. The minimum atomic E-state index is -5.00. The van der Waals surface area contributed by atoms with E-state index < -0.39 is 23.5 Å². The lowest BCUT2D eigenvalue weighted by Gasteiger charge is -2.09. The molecule has 0 aromatic carbocycles. The number of thiophene rings is 1. The van der Waals surface area contributed by atoms with Crippen molar-refractivity contribution in [3.63, 3.8) is 0 Å². The third-order valence-electron chi connectivity index (χ3n) is 1.20. The molecule has 0 N–H and O–H groups in total. The fraction of sp³-hybridized carbons (Fsp3) is 0.333. The van der Waals surface area contributed by atoms with E-state index in [1.54, 1.807) is 5.38 Å². The summed E-state index contributed by atoms with van der Waals surface area (Å²) in [6.07, 6.45) is -9.97. The van der Waals surface area contributed by atoms with Crippen LogP contribution in [0.5, 0.6) is 0 Å². The number of halogens is 6. The van der Waals surface area contributed by atoms with E-state index in [4.69, 9.17) is 0 Å². The molecular weight excluding hydrogens is 218 g/mol. The van der Waals surface area contributed by atoms with Crippen LogP contribution in [-0.2, 0) is 12.4 Å². The SMILES string of the molecule is FC(F)(F)c1[c]scc1C(F)(F)F. The molecule has 0 amide bonds. The lowest BCUT2D eigenvalue weighted by molar-refractivity contribution is -0.161. The second kappa shape index (κ2) is 2.90. The summed E-state index contributed by atoms with van der Waals surface area (Å²) in [5.74, 6) is 0. The minimum Gasteiger partial charge on any atom is -0.166 e. The molecule has 7 heteroatoms. The standard InChI is InChI=1S/C6HF6S/c7-5(8,9)3-1-13-2-4(3)6(10,11)12/h1H. The number of hydrogen-bond acceptors (Lipinski definition) is 1. The van der Waals surface area contributed by atoms with Gasteiger partial charge in [-0.05, 0) is 0 Å². The van der Waals surface area contributed by atoms with Crippen LogP contribution in [-0.4, -0.2) is 0 Å². The molecule has 1 aromatic rings. The van der Waals surface area contributed by atoms with Gasteiger partial charge in [-0.3, -0.25) is 0 Å². The lowest BCUT2D eigenvalue weighted by Crippen LogP contribution is -2.13. The summed E-state index contributed by atoms with van der Waals surface area (Å²) < 4.78 is 71.4. The third-order valence-corrected chi connectivity index (χ3v) is 1.87. The van der Waals surface area contributed by atoms with Crippen molar-refractivity contribution in [2.45, 2.75) is 12.4 Å². The fourth-order valence-corrected chi connectivity index (χ4v) is 1.45. The average Bonchev–Trinajstić information content (AvgIpc) is 2.27. The molecule has 1 heterocycles. The highest BCUT2D eigenvalue weighted by molar-refractivity contribution is 7.07. The van der Waals surface area contributed by atoms with Crippen molar-refractivity contribution in [1.29, 1.82) is 0 Å². The van der Waals surface area contributed by atoms with Gasteiger partial charge in [0, 0.05) is 5.38 Å². The molecule has 1 rings (SSSR count). The normalized spacial score (nSPS) is 13.4. The van der Waals surface area contributed by atoms with E-state index in [9.17, 15) is 26.3 Å². The zero-order chi connectivity index (χ0) is 10.3. The Morgan fingerprint density at radius 3 is 1.85 bits per heavy atom. The highest BCUT2D eigenvalue weighted by Crippen LogP contribution is 2.41. The van der Waals surface area contributed by atoms with Crippen LogP contribution in [0.3, 0.4) is 0 Å². The van der Waals surface area contributed by atoms with Gasteiger partial charge in [0.2, 0.25) is 0 Å². The highest BCUT2D eigenvalue weighted by atomic mass is 32.1. The first kappa shape index (κ1) is 10.4. The number of alkyl halides is 6. The molecule has 0 saturated carbocycles. The lowest BCUT2D eigenvalue weighted by atomic mass is 10.2. The Morgan fingerprint density at radius 2 is 1.54 bits per heavy atom. The van der Waals surface area contributed by atoms with Crippen molar-refractivity contribution in [2.75, 3.05) is 0 Å². The van der Waals surface area contributed by atoms with E-state index in [-0.39, 0.29) is 11.3 Å². The van der Waals surface area contributed by atoms with Crippen molar-refractivity contribution in [1.82, 2.24) is 0 Å². The molecule has 0 unspecified atom stereocenters. The summed E-state index contributed by atoms with van der Waals surface area (Å²) in [5, 5.41) is 1.94. The Bertz CT molecular complexity index is 264. The zero-order valence-electron chi connectivity index (χ0n) is 5.75. The molecule has 0 aliphatic rings. The highest BCUT2D eigenvalue weighted by Gasteiger charge is 2.43. The molecule has 0 aliphatic heterocycles. The van der Waals surface area contributed by atoms with Gasteiger partial charge in [0.1, 0.15) is 0 Å². The van der Waals surface area contributed by atoms with Crippen LogP contribution < -0.4 is 0 Å². The Hall–Kier alpha value is -0.720. The van der Waals surface area contributed by atoms with Gasteiger partial charge >= 0.3 is 12.4 Å². The van der Waals surface area contributed by atoms with E-state index in [1.807, 2.05) is 0 Å². The van der Waals surface area contributed by atoms with Crippen LogP contribution in [0.15, 0.2) is 5.38 Å².